The third-order valence-electron chi connectivity index (χ3n) is 5.42. The molecule has 2 heterocycles. The Morgan fingerprint density at radius 3 is 2.61 bits per heavy atom. The topological polar surface area (TPSA) is 89.9 Å². The number of H-pyrrole nitrogens is 1. The Kier molecular flexibility index (Phi) is 5.70. The number of carbonyl (C=O) groups excluding carboxylic acids is 2. The van der Waals surface area contributed by atoms with Gasteiger partial charge in [-0.2, -0.15) is 0 Å². The van der Waals surface area contributed by atoms with E-state index < -0.39 is 11.2 Å². The van der Waals surface area contributed by atoms with E-state index in [1.54, 1.807) is 39.0 Å². The minimum atomic E-state index is -0.489. The van der Waals surface area contributed by atoms with Gasteiger partial charge in [-0.25, -0.2) is 9.18 Å². The van der Waals surface area contributed by atoms with Crippen molar-refractivity contribution < 1.29 is 18.7 Å². The zero-order valence-electron chi connectivity index (χ0n) is 17.7. The van der Waals surface area contributed by atoms with Gasteiger partial charge in [-0.15, -0.1) is 10.2 Å². The SMILES string of the molecule is COC(=O)c1c(C)[nH]c(C(=O)C(C)Sc2nnc(-c3ccccc3F)n2C2CC2)c1C. The van der Waals surface area contributed by atoms with Gasteiger partial charge in [-0.05, 0) is 51.3 Å². The molecule has 162 valence electrons. The Hall–Kier alpha value is -2.94. The number of nitrogens with one attached hydrogen (secondary N) is 1. The molecule has 1 aliphatic carbocycles. The predicted octanol–water partition coefficient (Wildman–Crippen LogP) is 4.51. The highest BCUT2D eigenvalue weighted by Gasteiger charge is 2.33. The van der Waals surface area contributed by atoms with Crippen molar-refractivity contribution >= 4 is 23.5 Å². The third kappa shape index (κ3) is 3.89. The summed E-state index contributed by atoms with van der Waals surface area (Å²) in [5.41, 5.74) is 2.31. The molecule has 1 N–H and O–H groups in total. The second kappa shape index (κ2) is 8.30. The first-order valence-corrected chi connectivity index (χ1v) is 10.9. The number of thioether (sulfide) groups is 1. The maximum absolute atomic E-state index is 14.4. The number of nitrogens with zero attached hydrogens (tertiary/aromatic N) is 3. The fourth-order valence-corrected chi connectivity index (χ4v) is 4.64. The zero-order chi connectivity index (χ0) is 22.3. The lowest BCUT2D eigenvalue weighted by Crippen LogP contribution is -2.16. The van der Waals surface area contributed by atoms with Gasteiger partial charge in [0.05, 0.1) is 29.2 Å². The molecule has 1 unspecified atom stereocenters. The Morgan fingerprint density at radius 1 is 1.26 bits per heavy atom. The highest BCUT2D eigenvalue weighted by molar-refractivity contribution is 8.00. The number of aromatic amines is 1. The lowest BCUT2D eigenvalue weighted by molar-refractivity contribution is 0.0599. The number of esters is 1. The first-order chi connectivity index (χ1) is 14.8. The summed E-state index contributed by atoms with van der Waals surface area (Å²) < 4.78 is 21.1. The molecule has 3 aromatic rings. The molecule has 1 aliphatic rings. The van der Waals surface area contributed by atoms with Gasteiger partial charge >= 0.3 is 5.97 Å². The van der Waals surface area contributed by atoms with Crippen molar-refractivity contribution in [3.8, 4) is 11.4 Å². The summed E-state index contributed by atoms with van der Waals surface area (Å²) in [5.74, 6) is -0.514. The van der Waals surface area contributed by atoms with E-state index in [2.05, 4.69) is 15.2 Å². The standard InChI is InChI=1S/C22H23FN4O3S/c1-11-17(21(29)30-4)12(2)24-18(11)19(28)13(3)31-22-26-25-20(27(22)14-9-10-14)15-7-5-6-8-16(15)23/h5-8,13-14,24H,9-10H2,1-4H3. The van der Waals surface area contributed by atoms with E-state index >= 15 is 0 Å². The minimum absolute atomic E-state index is 0.154. The Labute approximate surface area is 183 Å². The number of methoxy groups -OCH3 is 1. The number of hydrogen-bond acceptors (Lipinski definition) is 6. The van der Waals surface area contributed by atoms with Crippen molar-refractivity contribution in [1.82, 2.24) is 19.7 Å². The van der Waals surface area contributed by atoms with Crippen molar-refractivity contribution in [2.75, 3.05) is 7.11 Å². The maximum Gasteiger partial charge on any atom is 0.339 e. The summed E-state index contributed by atoms with van der Waals surface area (Å²) in [6, 6.07) is 6.68. The van der Waals surface area contributed by atoms with Crippen molar-refractivity contribution in [3.63, 3.8) is 0 Å². The molecule has 1 fully saturated rings. The molecule has 4 rings (SSSR count). The molecule has 0 bridgehead atoms. The van der Waals surface area contributed by atoms with Gasteiger partial charge < -0.3 is 9.72 Å². The first kappa shape index (κ1) is 21.3. The Morgan fingerprint density at radius 2 is 1.97 bits per heavy atom. The molecular formula is C22H23FN4O3S. The number of rotatable bonds is 7. The van der Waals surface area contributed by atoms with Gasteiger partial charge in [-0.1, -0.05) is 23.9 Å². The summed E-state index contributed by atoms with van der Waals surface area (Å²) in [5, 5.41) is 8.60. The number of hydrogen-bond donors (Lipinski definition) is 1. The van der Waals surface area contributed by atoms with E-state index in [1.165, 1.54) is 24.9 Å². The first-order valence-electron chi connectivity index (χ1n) is 10.0. The lowest BCUT2D eigenvalue weighted by Gasteiger charge is -2.12. The van der Waals surface area contributed by atoms with Gasteiger partial charge in [0.2, 0.25) is 0 Å². The molecule has 0 radical (unpaired) electrons. The molecule has 1 aromatic carbocycles. The number of aromatic nitrogens is 4. The van der Waals surface area contributed by atoms with Gasteiger partial charge in [0.1, 0.15) is 5.82 Å². The Bertz CT molecular complexity index is 1170. The zero-order valence-corrected chi connectivity index (χ0v) is 18.5. The second-order valence-electron chi connectivity index (χ2n) is 7.63. The number of benzene rings is 1. The van der Waals surface area contributed by atoms with Crippen molar-refractivity contribution in [1.29, 1.82) is 0 Å². The molecule has 0 saturated heterocycles. The van der Waals surface area contributed by atoms with Crippen LogP contribution in [0.3, 0.4) is 0 Å². The van der Waals surface area contributed by atoms with Gasteiger partial charge in [0, 0.05) is 11.7 Å². The van der Waals surface area contributed by atoms with Crippen LogP contribution in [0.2, 0.25) is 0 Å². The van der Waals surface area contributed by atoms with Crippen LogP contribution >= 0.6 is 11.8 Å². The third-order valence-corrected chi connectivity index (χ3v) is 6.47. The molecule has 2 aromatic heterocycles. The average molecular weight is 443 g/mol. The molecule has 0 spiro atoms. The molecule has 31 heavy (non-hydrogen) atoms. The van der Waals surface area contributed by atoms with E-state index in [0.29, 0.717) is 39.1 Å². The van der Waals surface area contributed by atoms with Crippen LogP contribution < -0.4 is 0 Å². The monoisotopic (exact) mass is 442 g/mol. The number of halogens is 1. The molecular weight excluding hydrogens is 419 g/mol. The smallest absolute Gasteiger partial charge is 0.339 e. The number of Topliss-reactive ketones (excluding diaryl/α,β-unsaturated/α-hetero) is 1. The summed E-state index contributed by atoms with van der Waals surface area (Å²) in [6.07, 6.45) is 1.93. The van der Waals surface area contributed by atoms with Crippen molar-refractivity contribution in [3.05, 3.63) is 52.6 Å². The van der Waals surface area contributed by atoms with Crippen molar-refractivity contribution in [2.45, 2.75) is 50.1 Å². The highest BCUT2D eigenvalue weighted by Crippen LogP contribution is 2.42. The van der Waals surface area contributed by atoms with E-state index in [1.807, 2.05) is 4.57 Å². The van der Waals surface area contributed by atoms with Crippen LogP contribution in [0.15, 0.2) is 29.4 Å². The van der Waals surface area contributed by atoms with Gasteiger partial charge in [0.15, 0.2) is 16.8 Å². The molecule has 1 atom stereocenters. The van der Waals surface area contributed by atoms with Crippen LogP contribution in [0.25, 0.3) is 11.4 Å². The number of carbonyl (C=O) groups is 2. The summed E-state index contributed by atoms with van der Waals surface area (Å²) in [6.45, 7) is 5.25. The van der Waals surface area contributed by atoms with Crippen LogP contribution in [0.1, 0.15) is 57.9 Å². The van der Waals surface area contributed by atoms with E-state index in [9.17, 15) is 14.0 Å². The number of ether oxygens (including phenoxy) is 1. The fraction of sp³-hybridized carbons (Fsp3) is 0.364. The van der Waals surface area contributed by atoms with Crippen LogP contribution in [0.4, 0.5) is 4.39 Å². The number of aryl methyl sites for hydroxylation is 1. The largest absolute Gasteiger partial charge is 0.465 e. The normalized spacial score (nSPS) is 14.5. The summed E-state index contributed by atoms with van der Waals surface area (Å²) >= 11 is 1.28. The molecule has 1 saturated carbocycles. The fourth-order valence-electron chi connectivity index (χ4n) is 3.67. The van der Waals surface area contributed by atoms with E-state index in [4.69, 9.17) is 4.74 Å². The van der Waals surface area contributed by atoms with E-state index in [0.717, 1.165) is 12.8 Å². The lowest BCUT2D eigenvalue weighted by atomic mass is 10.1. The van der Waals surface area contributed by atoms with Crippen LogP contribution in [0.5, 0.6) is 0 Å². The van der Waals surface area contributed by atoms with Crippen LogP contribution in [-0.2, 0) is 4.74 Å². The van der Waals surface area contributed by atoms with Gasteiger partial charge in [-0.3, -0.25) is 9.36 Å². The molecule has 0 aliphatic heterocycles. The highest BCUT2D eigenvalue weighted by atomic mass is 32.2. The maximum atomic E-state index is 14.4. The average Bonchev–Trinajstić information content (AvgIpc) is 3.44. The summed E-state index contributed by atoms with van der Waals surface area (Å²) in [7, 11) is 1.31. The van der Waals surface area contributed by atoms with Crippen molar-refractivity contribution in [2.24, 2.45) is 0 Å². The quantitative estimate of drug-likeness (QED) is 0.329. The predicted molar refractivity (Wildman–Crippen MR) is 115 cm³/mol. The van der Waals surface area contributed by atoms with E-state index in [-0.39, 0.29) is 17.6 Å². The minimum Gasteiger partial charge on any atom is -0.465 e. The number of ketones is 1. The Balaban J connectivity index is 1.63. The molecule has 0 amide bonds. The van der Waals surface area contributed by atoms with Crippen LogP contribution in [-0.4, -0.2) is 43.9 Å². The summed E-state index contributed by atoms with van der Waals surface area (Å²) in [4.78, 5) is 28.2. The van der Waals surface area contributed by atoms with Gasteiger partial charge in [0.25, 0.3) is 0 Å². The molecule has 9 heteroatoms. The van der Waals surface area contributed by atoms with Crippen LogP contribution in [0, 0.1) is 19.7 Å². The second-order valence-corrected chi connectivity index (χ2v) is 8.94. The molecule has 7 nitrogen and oxygen atoms in total.